The largest absolute Gasteiger partial charge is 0.489 e. The van der Waals surface area contributed by atoms with Crippen LogP contribution in [-0.4, -0.2) is 12.6 Å². The van der Waals surface area contributed by atoms with E-state index in [1.165, 1.54) is 12.8 Å². The van der Waals surface area contributed by atoms with Crippen LogP contribution in [-0.2, 0) is 0 Å². The van der Waals surface area contributed by atoms with Gasteiger partial charge in [-0.2, -0.15) is 0 Å². The molecule has 0 amide bonds. The van der Waals surface area contributed by atoms with Gasteiger partial charge in [-0.05, 0) is 31.9 Å². The first kappa shape index (κ1) is 14.7. The van der Waals surface area contributed by atoms with E-state index in [1.54, 1.807) is 0 Å². The highest BCUT2D eigenvalue weighted by Gasteiger charge is 2.06. The number of nitrogens with two attached hydrogens (primary N) is 1. The van der Waals surface area contributed by atoms with Crippen LogP contribution in [0.1, 0.15) is 40.5 Å². The molecule has 0 atom stereocenters. The molecule has 0 aromatic heterocycles. The van der Waals surface area contributed by atoms with Crippen molar-refractivity contribution in [1.82, 2.24) is 0 Å². The summed E-state index contributed by atoms with van der Waals surface area (Å²) < 4.78 is 5.68. The minimum atomic E-state index is 0.140. The minimum absolute atomic E-state index is 0.140. The van der Waals surface area contributed by atoms with Crippen LogP contribution < -0.4 is 15.8 Å². The molecule has 0 heterocycles. The van der Waals surface area contributed by atoms with E-state index in [1.807, 2.05) is 32.0 Å². The highest BCUT2D eigenvalue weighted by molar-refractivity contribution is 5.61. The van der Waals surface area contributed by atoms with E-state index in [9.17, 15) is 0 Å². The second-order valence-electron chi connectivity index (χ2n) is 4.98. The first-order chi connectivity index (χ1) is 8.56. The van der Waals surface area contributed by atoms with Gasteiger partial charge in [0.05, 0.1) is 11.8 Å². The number of hydrogen-bond donors (Lipinski definition) is 2. The van der Waals surface area contributed by atoms with Crippen LogP contribution in [0.15, 0.2) is 18.2 Å². The van der Waals surface area contributed by atoms with Gasteiger partial charge in [0.2, 0.25) is 0 Å². The van der Waals surface area contributed by atoms with Crippen molar-refractivity contribution in [3.63, 3.8) is 0 Å². The van der Waals surface area contributed by atoms with Crippen molar-refractivity contribution in [2.24, 2.45) is 5.92 Å². The van der Waals surface area contributed by atoms with Gasteiger partial charge in [-0.25, -0.2) is 0 Å². The van der Waals surface area contributed by atoms with E-state index in [4.69, 9.17) is 10.5 Å². The third kappa shape index (κ3) is 4.47. The Morgan fingerprint density at radius 1 is 1.22 bits per heavy atom. The number of nitrogen functional groups attached to an aromatic ring is 1. The van der Waals surface area contributed by atoms with Crippen molar-refractivity contribution >= 4 is 11.4 Å². The SMILES string of the molecule is CCC(CC)CNc1ccc(N)c(OC(C)C)c1. The summed E-state index contributed by atoms with van der Waals surface area (Å²) in [6, 6.07) is 5.88. The first-order valence-electron chi connectivity index (χ1n) is 6.86. The maximum atomic E-state index is 5.89. The van der Waals surface area contributed by atoms with Crippen LogP contribution in [0, 0.1) is 5.92 Å². The van der Waals surface area contributed by atoms with Gasteiger partial charge in [-0.3, -0.25) is 0 Å². The number of anilines is 2. The summed E-state index contributed by atoms with van der Waals surface area (Å²) in [5.41, 5.74) is 7.66. The van der Waals surface area contributed by atoms with E-state index in [-0.39, 0.29) is 6.10 Å². The van der Waals surface area contributed by atoms with Gasteiger partial charge in [0.15, 0.2) is 0 Å². The summed E-state index contributed by atoms with van der Waals surface area (Å²) >= 11 is 0. The van der Waals surface area contributed by atoms with Crippen LogP contribution >= 0.6 is 0 Å². The van der Waals surface area contributed by atoms with Crippen molar-refractivity contribution in [3.05, 3.63) is 18.2 Å². The number of nitrogens with one attached hydrogen (secondary N) is 1. The molecule has 102 valence electrons. The summed E-state index contributed by atoms with van der Waals surface area (Å²) in [6.07, 6.45) is 2.54. The second-order valence-corrected chi connectivity index (χ2v) is 4.98. The lowest BCUT2D eigenvalue weighted by Gasteiger charge is -2.17. The zero-order valence-electron chi connectivity index (χ0n) is 12.0. The highest BCUT2D eigenvalue weighted by atomic mass is 16.5. The van der Waals surface area contributed by atoms with Gasteiger partial charge in [0, 0.05) is 18.3 Å². The van der Waals surface area contributed by atoms with Crippen LogP contribution in [0.4, 0.5) is 11.4 Å². The molecule has 0 radical (unpaired) electrons. The van der Waals surface area contributed by atoms with E-state index >= 15 is 0 Å². The Kier molecular flexibility index (Phi) is 5.83. The van der Waals surface area contributed by atoms with Crippen LogP contribution in [0.5, 0.6) is 5.75 Å². The molecule has 3 N–H and O–H groups in total. The molecule has 0 saturated heterocycles. The van der Waals surface area contributed by atoms with Crippen molar-refractivity contribution < 1.29 is 4.74 Å². The molecule has 0 spiro atoms. The fourth-order valence-electron chi connectivity index (χ4n) is 1.84. The standard InChI is InChI=1S/C15H26N2O/c1-5-12(6-2)10-17-13-7-8-14(16)15(9-13)18-11(3)4/h7-9,11-12,17H,5-6,10,16H2,1-4H3. The summed E-state index contributed by atoms with van der Waals surface area (Å²) in [5.74, 6) is 1.48. The normalized spacial score (nSPS) is 11.0. The average Bonchev–Trinajstić information content (AvgIpc) is 2.33. The fourth-order valence-corrected chi connectivity index (χ4v) is 1.84. The molecule has 0 aliphatic rings. The number of benzene rings is 1. The molecular formula is C15H26N2O. The molecule has 18 heavy (non-hydrogen) atoms. The quantitative estimate of drug-likeness (QED) is 0.721. The predicted molar refractivity (Wildman–Crippen MR) is 79.2 cm³/mol. The van der Waals surface area contributed by atoms with E-state index in [2.05, 4.69) is 19.2 Å². The lowest BCUT2D eigenvalue weighted by molar-refractivity contribution is 0.244. The van der Waals surface area contributed by atoms with Crippen molar-refractivity contribution in [1.29, 1.82) is 0 Å². The van der Waals surface area contributed by atoms with Crippen LogP contribution in [0.2, 0.25) is 0 Å². The minimum Gasteiger partial charge on any atom is -0.489 e. The first-order valence-corrected chi connectivity index (χ1v) is 6.86. The molecule has 0 aliphatic carbocycles. The monoisotopic (exact) mass is 250 g/mol. The lowest BCUT2D eigenvalue weighted by Crippen LogP contribution is -2.13. The number of ether oxygens (including phenoxy) is 1. The molecule has 0 aliphatic heterocycles. The number of hydrogen-bond acceptors (Lipinski definition) is 3. The Hall–Kier alpha value is -1.38. The van der Waals surface area contributed by atoms with Gasteiger partial charge in [-0.15, -0.1) is 0 Å². The maximum Gasteiger partial charge on any atom is 0.144 e. The van der Waals surface area contributed by atoms with Crippen LogP contribution in [0.3, 0.4) is 0 Å². The number of rotatable bonds is 7. The molecule has 1 rings (SSSR count). The van der Waals surface area contributed by atoms with Crippen molar-refractivity contribution in [3.8, 4) is 5.75 Å². The Bertz CT molecular complexity index is 360. The summed E-state index contributed by atoms with van der Waals surface area (Å²) in [6.45, 7) is 9.46. The topological polar surface area (TPSA) is 47.3 Å². The molecule has 0 fully saturated rings. The zero-order chi connectivity index (χ0) is 13.5. The Labute approximate surface area is 111 Å². The van der Waals surface area contributed by atoms with Gasteiger partial charge >= 0.3 is 0 Å². The molecular weight excluding hydrogens is 224 g/mol. The van der Waals surface area contributed by atoms with Crippen LogP contribution in [0.25, 0.3) is 0 Å². The van der Waals surface area contributed by atoms with Gasteiger partial charge in [0.25, 0.3) is 0 Å². The summed E-state index contributed by atoms with van der Waals surface area (Å²) in [7, 11) is 0. The molecule has 3 nitrogen and oxygen atoms in total. The second kappa shape index (κ2) is 7.14. The van der Waals surface area contributed by atoms with E-state index in [0.29, 0.717) is 5.69 Å². The van der Waals surface area contributed by atoms with Crippen molar-refractivity contribution in [2.45, 2.75) is 46.6 Å². The van der Waals surface area contributed by atoms with Gasteiger partial charge in [0.1, 0.15) is 5.75 Å². The smallest absolute Gasteiger partial charge is 0.144 e. The summed E-state index contributed by atoms with van der Waals surface area (Å²) in [5, 5.41) is 3.45. The van der Waals surface area contributed by atoms with E-state index in [0.717, 1.165) is 23.9 Å². The molecule has 3 heteroatoms. The predicted octanol–water partition coefficient (Wildman–Crippen LogP) is 3.90. The molecule has 0 unspecified atom stereocenters. The molecule has 1 aromatic carbocycles. The highest BCUT2D eigenvalue weighted by Crippen LogP contribution is 2.26. The van der Waals surface area contributed by atoms with Gasteiger partial charge in [-0.1, -0.05) is 26.7 Å². The van der Waals surface area contributed by atoms with Gasteiger partial charge < -0.3 is 15.8 Å². The maximum absolute atomic E-state index is 5.89. The molecule has 1 aromatic rings. The Morgan fingerprint density at radius 2 is 1.89 bits per heavy atom. The zero-order valence-corrected chi connectivity index (χ0v) is 12.0. The third-order valence-electron chi connectivity index (χ3n) is 3.13. The lowest BCUT2D eigenvalue weighted by atomic mass is 10.0. The fraction of sp³-hybridized carbons (Fsp3) is 0.600. The molecule has 0 saturated carbocycles. The van der Waals surface area contributed by atoms with E-state index < -0.39 is 0 Å². The average molecular weight is 250 g/mol. The molecule has 0 bridgehead atoms. The Morgan fingerprint density at radius 3 is 2.44 bits per heavy atom. The summed E-state index contributed by atoms with van der Waals surface area (Å²) in [4.78, 5) is 0. The Balaban J connectivity index is 2.66. The van der Waals surface area contributed by atoms with Crippen molar-refractivity contribution in [2.75, 3.05) is 17.6 Å². The third-order valence-corrected chi connectivity index (χ3v) is 3.13.